The third-order valence-corrected chi connectivity index (χ3v) is 3.29. The summed E-state index contributed by atoms with van der Waals surface area (Å²) in [6.07, 6.45) is 8.63. The average molecular weight is 316 g/mol. The Morgan fingerprint density at radius 3 is 2.70 bits per heavy atom. The molecule has 0 saturated carbocycles. The summed E-state index contributed by atoms with van der Waals surface area (Å²) in [5.74, 6) is -0.0880. The molecule has 1 aromatic heterocycles. The predicted molar refractivity (Wildman–Crippen MR) is 87.4 cm³/mol. The fourth-order valence-corrected chi connectivity index (χ4v) is 2.12. The van der Waals surface area contributed by atoms with E-state index in [0.29, 0.717) is 12.1 Å². The van der Waals surface area contributed by atoms with E-state index >= 15 is 0 Å². The fraction of sp³-hybridized carbons (Fsp3) is 0.312. The van der Waals surface area contributed by atoms with Gasteiger partial charge >= 0.3 is 0 Å². The molecule has 0 bridgehead atoms. The van der Waals surface area contributed by atoms with Crippen LogP contribution >= 0.6 is 0 Å². The number of unbranched alkanes of at least 4 members (excludes halogenated alkanes) is 1. The molecule has 0 spiro atoms. The highest BCUT2D eigenvalue weighted by Crippen LogP contribution is 2.12. The number of carbonyl (C=O) groups excluding carboxylic acids is 2. The van der Waals surface area contributed by atoms with Gasteiger partial charge < -0.3 is 5.32 Å². The van der Waals surface area contributed by atoms with Crippen molar-refractivity contribution in [2.75, 3.05) is 10.7 Å². The highest BCUT2D eigenvalue weighted by atomic mass is 16.2. The summed E-state index contributed by atoms with van der Waals surface area (Å²) in [7, 11) is 0. The first-order chi connectivity index (χ1) is 11.2. The minimum absolute atomic E-state index is 0.0880. The van der Waals surface area contributed by atoms with Gasteiger partial charge in [0, 0.05) is 5.69 Å². The van der Waals surface area contributed by atoms with Gasteiger partial charge in [-0.05, 0) is 30.7 Å². The molecule has 0 aliphatic rings. The highest BCUT2D eigenvalue weighted by molar-refractivity contribution is 5.89. The number of hydrogen-bond acceptors (Lipinski definition) is 3. The summed E-state index contributed by atoms with van der Waals surface area (Å²) < 4.78 is 3.94. The van der Waals surface area contributed by atoms with Crippen molar-refractivity contribution in [3.05, 3.63) is 43.0 Å². The van der Waals surface area contributed by atoms with E-state index in [4.69, 9.17) is 0 Å². The molecule has 1 heterocycles. The van der Waals surface area contributed by atoms with E-state index in [9.17, 15) is 9.59 Å². The van der Waals surface area contributed by atoms with E-state index < -0.39 is 0 Å². The van der Waals surface area contributed by atoms with Gasteiger partial charge in [-0.3, -0.25) is 20.4 Å². The summed E-state index contributed by atoms with van der Waals surface area (Å²) >= 11 is 0. The summed E-state index contributed by atoms with van der Waals surface area (Å²) in [4.78, 5) is 22.2. The molecule has 0 saturated heterocycles. The van der Waals surface area contributed by atoms with Crippen molar-refractivity contribution in [2.24, 2.45) is 0 Å². The predicted octanol–water partition coefficient (Wildman–Crippen LogP) is 1.29. The first kappa shape index (κ1) is 16.5. The third kappa shape index (κ3) is 5.46. The lowest BCUT2D eigenvalue weighted by atomic mass is 10.3. The zero-order valence-corrected chi connectivity index (χ0v) is 13.2. The van der Waals surface area contributed by atoms with Gasteiger partial charge in [0.25, 0.3) is 5.91 Å². The van der Waals surface area contributed by atoms with Crippen molar-refractivity contribution >= 4 is 23.7 Å². The molecule has 23 heavy (non-hydrogen) atoms. The van der Waals surface area contributed by atoms with E-state index in [1.807, 2.05) is 23.3 Å². The number of imidazole rings is 1. The van der Waals surface area contributed by atoms with Crippen molar-refractivity contribution in [3.8, 4) is 0 Å². The summed E-state index contributed by atoms with van der Waals surface area (Å²) in [6.45, 7) is 3.39. The molecule has 0 aliphatic heterocycles. The zero-order chi connectivity index (χ0) is 16.5. The molecule has 7 nitrogen and oxygen atoms in total. The first-order valence-corrected chi connectivity index (χ1v) is 7.61. The number of hydrazine groups is 1. The number of carbonyl (C=O) groups is 2. The van der Waals surface area contributed by atoms with Crippen LogP contribution in [0.1, 0.15) is 19.8 Å². The van der Waals surface area contributed by atoms with Gasteiger partial charge in [-0.15, -0.1) is 0 Å². The largest absolute Gasteiger partial charge is 0.323 e. The molecular formula is C16H22N5O2+. The monoisotopic (exact) mass is 316 g/mol. The Hall–Kier alpha value is -2.83. The Balaban J connectivity index is 1.84. The number of amides is 2. The number of anilines is 2. The second-order valence-corrected chi connectivity index (χ2v) is 5.19. The topological polar surface area (TPSA) is 79.0 Å². The van der Waals surface area contributed by atoms with Crippen molar-refractivity contribution in [3.63, 3.8) is 0 Å². The van der Waals surface area contributed by atoms with Crippen LogP contribution in [0.25, 0.3) is 0 Å². The van der Waals surface area contributed by atoms with Gasteiger partial charge in [0.2, 0.25) is 12.7 Å². The van der Waals surface area contributed by atoms with E-state index in [1.54, 1.807) is 24.3 Å². The van der Waals surface area contributed by atoms with Crippen LogP contribution in [-0.2, 0) is 22.7 Å². The molecule has 122 valence electrons. The van der Waals surface area contributed by atoms with Gasteiger partial charge in [0.1, 0.15) is 12.4 Å². The SMILES string of the molecule is CCCCn1cc[n+](CC(=O)Nc2ccc(NNC=O)cc2)c1. The maximum absolute atomic E-state index is 12.0. The van der Waals surface area contributed by atoms with Crippen LogP contribution in [0.5, 0.6) is 0 Å². The van der Waals surface area contributed by atoms with Gasteiger partial charge in [-0.1, -0.05) is 13.3 Å². The number of hydrogen-bond donors (Lipinski definition) is 3. The van der Waals surface area contributed by atoms with Gasteiger partial charge in [-0.2, -0.15) is 0 Å². The van der Waals surface area contributed by atoms with Crippen molar-refractivity contribution in [1.29, 1.82) is 0 Å². The Kier molecular flexibility index (Phi) is 6.17. The zero-order valence-electron chi connectivity index (χ0n) is 13.2. The van der Waals surface area contributed by atoms with E-state index in [1.165, 1.54) is 0 Å². The molecule has 2 amide bonds. The third-order valence-electron chi connectivity index (χ3n) is 3.29. The van der Waals surface area contributed by atoms with Gasteiger partial charge in [-0.25, -0.2) is 9.13 Å². The maximum atomic E-state index is 12.0. The Morgan fingerprint density at radius 1 is 1.26 bits per heavy atom. The Labute approximate surface area is 135 Å². The lowest BCUT2D eigenvalue weighted by Gasteiger charge is -2.06. The molecule has 2 aromatic rings. The Bertz CT molecular complexity index is 636. The number of benzene rings is 1. The van der Waals surface area contributed by atoms with Crippen molar-refractivity contribution in [1.82, 2.24) is 9.99 Å². The lowest BCUT2D eigenvalue weighted by molar-refractivity contribution is -0.683. The Morgan fingerprint density at radius 2 is 2.00 bits per heavy atom. The molecule has 3 N–H and O–H groups in total. The number of aromatic nitrogens is 2. The van der Waals surface area contributed by atoms with Crippen LogP contribution < -0.4 is 20.7 Å². The van der Waals surface area contributed by atoms with E-state index in [-0.39, 0.29) is 12.5 Å². The van der Waals surface area contributed by atoms with Gasteiger partial charge in [0.15, 0.2) is 6.54 Å². The molecule has 0 unspecified atom stereocenters. The second kappa shape index (κ2) is 8.57. The number of rotatable bonds is 9. The molecule has 0 radical (unpaired) electrons. The van der Waals surface area contributed by atoms with E-state index in [0.717, 1.165) is 25.1 Å². The molecule has 7 heteroatoms. The van der Waals surface area contributed by atoms with E-state index in [2.05, 4.69) is 27.7 Å². The molecule has 1 aromatic carbocycles. The quantitative estimate of drug-likeness (QED) is 0.370. The minimum atomic E-state index is -0.0880. The smallest absolute Gasteiger partial charge is 0.266 e. The molecule has 0 fully saturated rings. The minimum Gasteiger partial charge on any atom is -0.323 e. The number of nitrogens with zero attached hydrogens (tertiary/aromatic N) is 2. The van der Waals surface area contributed by atoms with Crippen LogP contribution in [0, 0.1) is 0 Å². The summed E-state index contributed by atoms with van der Waals surface area (Å²) in [5, 5.41) is 2.84. The average Bonchev–Trinajstić information content (AvgIpc) is 2.99. The number of aryl methyl sites for hydroxylation is 1. The summed E-state index contributed by atoms with van der Waals surface area (Å²) in [5.41, 5.74) is 6.49. The molecule has 0 atom stereocenters. The standard InChI is InChI=1S/C16H21N5O2/c1-2-3-8-20-9-10-21(13-20)11-16(23)18-14-4-6-15(7-5-14)19-17-12-22/h4-7,9-10,12-13,19H,2-3,8,11H2,1H3,(H-,17,18,22,23)/p+1. The van der Waals surface area contributed by atoms with Crippen molar-refractivity contribution < 1.29 is 14.2 Å². The summed E-state index contributed by atoms with van der Waals surface area (Å²) in [6, 6.07) is 7.06. The fourth-order valence-electron chi connectivity index (χ4n) is 2.12. The van der Waals surface area contributed by atoms with Crippen LogP contribution in [0.2, 0.25) is 0 Å². The van der Waals surface area contributed by atoms with Crippen LogP contribution in [0.3, 0.4) is 0 Å². The normalized spacial score (nSPS) is 10.1. The molecule has 0 aliphatic carbocycles. The van der Waals surface area contributed by atoms with Crippen LogP contribution in [0.4, 0.5) is 11.4 Å². The van der Waals surface area contributed by atoms with Crippen LogP contribution in [0.15, 0.2) is 43.0 Å². The number of nitrogens with one attached hydrogen (secondary N) is 3. The van der Waals surface area contributed by atoms with Crippen molar-refractivity contribution in [2.45, 2.75) is 32.9 Å². The molecule has 2 rings (SSSR count). The lowest BCUT2D eigenvalue weighted by Crippen LogP contribution is -2.38. The maximum Gasteiger partial charge on any atom is 0.266 e. The second-order valence-electron chi connectivity index (χ2n) is 5.19. The van der Waals surface area contributed by atoms with Crippen LogP contribution in [-0.4, -0.2) is 16.9 Å². The highest BCUT2D eigenvalue weighted by Gasteiger charge is 2.09. The van der Waals surface area contributed by atoms with Gasteiger partial charge in [0.05, 0.1) is 12.2 Å². The molecular weight excluding hydrogens is 294 g/mol. The first-order valence-electron chi connectivity index (χ1n) is 7.61.